The first-order chi connectivity index (χ1) is 14.1. The van der Waals surface area contributed by atoms with E-state index in [1.165, 1.54) is 12.1 Å². The maximum Gasteiger partial charge on any atom is 0.191 e. The number of hydrogen-bond donors (Lipinski definition) is 1. The summed E-state index contributed by atoms with van der Waals surface area (Å²) >= 11 is 0. The number of aryl methyl sites for hydroxylation is 1. The number of piperazine rings is 1. The second kappa shape index (κ2) is 10.1. The zero-order valence-electron chi connectivity index (χ0n) is 17.1. The highest BCUT2D eigenvalue weighted by Crippen LogP contribution is 2.22. The number of aliphatic imine (C=N–C) groups is 1. The Morgan fingerprint density at radius 2 is 1.79 bits per heavy atom. The molecule has 0 atom stereocenters. The minimum absolute atomic E-state index is 0.217. The number of anilines is 1. The zero-order valence-corrected chi connectivity index (χ0v) is 17.1. The van der Waals surface area contributed by atoms with Crippen molar-refractivity contribution in [2.45, 2.75) is 13.5 Å². The fourth-order valence-electron chi connectivity index (χ4n) is 3.27. The molecule has 0 amide bonds. The molecule has 2 N–H and O–H groups in total. The molecule has 1 aliphatic heterocycles. The van der Waals surface area contributed by atoms with E-state index < -0.39 is 0 Å². The maximum absolute atomic E-state index is 13.1. The summed E-state index contributed by atoms with van der Waals surface area (Å²) in [5, 5.41) is 0. The van der Waals surface area contributed by atoms with Gasteiger partial charge in [0.1, 0.15) is 18.2 Å². The van der Waals surface area contributed by atoms with Crippen molar-refractivity contribution in [2.24, 2.45) is 10.7 Å². The van der Waals surface area contributed by atoms with Crippen LogP contribution < -0.4 is 15.4 Å². The first-order valence-electron chi connectivity index (χ1n) is 9.83. The van der Waals surface area contributed by atoms with Crippen LogP contribution in [0, 0.1) is 12.7 Å². The lowest BCUT2D eigenvalue weighted by Crippen LogP contribution is -2.51. The third kappa shape index (κ3) is 5.84. The van der Waals surface area contributed by atoms with Gasteiger partial charge in [0.05, 0.1) is 13.2 Å². The largest absolute Gasteiger partial charge is 0.491 e. The lowest BCUT2D eigenvalue weighted by Gasteiger charge is -2.36. The quantitative estimate of drug-likeness (QED) is 0.440. The van der Waals surface area contributed by atoms with Gasteiger partial charge in [-0.1, -0.05) is 12.1 Å². The van der Waals surface area contributed by atoms with Crippen molar-refractivity contribution in [3.63, 3.8) is 0 Å². The van der Waals surface area contributed by atoms with Gasteiger partial charge in [-0.05, 0) is 42.8 Å². The highest BCUT2D eigenvalue weighted by Gasteiger charge is 2.18. The van der Waals surface area contributed by atoms with E-state index in [2.05, 4.69) is 14.8 Å². The van der Waals surface area contributed by atoms with Crippen molar-refractivity contribution >= 4 is 11.6 Å². The summed E-state index contributed by atoms with van der Waals surface area (Å²) < 4.78 is 24.0. The number of rotatable bonds is 7. The standard InChI is InChI=1S/C22H29FN4O2/c1-17-3-4-18(21(15-17)29-14-13-28-2)16-25-22(24)27-11-9-26(10-12-27)20-7-5-19(23)6-8-20/h3-8,15H,9-14,16H2,1-2H3,(H2,24,25). The van der Waals surface area contributed by atoms with Crippen LogP contribution in [0.4, 0.5) is 10.1 Å². The minimum Gasteiger partial charge on any atom is -0.491 e. The van der Waals surface area contributed by atoms with E-state index in [9.17, 15) is 4.39 Å². The van der Waals surface area contributed by atoms with Crippen molar-refractivity contribution < 1.29 is 13.9 Å². The average molecular weight is 400 g/mol. The number of guanidine groups is 1. The maximum atomic E-state index is 13.1. The highest BCUT2D eigenvalue weighted by molar-refractivity contribution is 5.78. The topological polar surface area (TPSA) is 63.3 Å². The van der Waals surface area contributed by atoms with Crippen LogP contribution in [0.3, 0.4) is 0 Å². The third-order valence-corrected chi connectivity index (χ3v) is 4.97. The van der Waals surface area contributed by atoms with Gasteiger partial charge in [-0.2, -0.15) is 0 Å². The number of halogens is 1. The number of nitrogens with two attached hydrogens (primary N) is 1. The van der Waals surface area contributed by atoms with E-state index in [0.717, 1.165) is 48.7 Å². The van der Waals surface area contributed by atoms with Crippen LogP contribution in [-0.2, 0) is 11.3 Å². The molecule has 0 aliphatic carbocycles. The molecule has 7 heteroatoms. The van der Waals surface area contributed by atoms with Gasteiger partial charge in [0.2, 0.25) is 0 Å². The Balaban J connectivity index is 1.57. The SMILES string of the molecule is COCCOc1cc(C)ccc1CN=C(N)N1CCN(c2ccc(F)cc2)CC1. The Labute approximate surface area is 171 Å². The second-order valence-electron chi connectivity index (χ2n) is 7.08. The monoisotopic (exact) mass is 400 g/mol. The molecule has 1 fully saturated rings. The summed E-state index contributed by atoms with van der Waals surface area (Å²) in [6.45, 7) is 6.72. The molecule has 0 saturated carbocycles. The van der Waals surface area contributed by atoms with Crippen LogP contribution in [-0.4, -0.2) is 57.4 Å². The van der Waals surface area contributed by atoms with Gasteiger partial charge in [-0.15, -0.1) is 0 Å². The van der Waals surface area contributed by atoms with E-state index in [1.54, 1.807) is 7.11 Å². The molecular weight excluding hydrogens is 371 g/mol. The molecule has 1 aliphatic rings. The normalized spacial score (nSPS) is 14.9. The summed E-state index contributed by atoms with van der Waals surface area (Å²) in [6, 6.07) is 12.7. The zero-order chi connectivity index (χ0) is 20.6. The van der Waals surface area contributed by atoms with Gasteiger partial charge >= 0.3 is 0 Å². The molecule has 0 spiro atoms. The molecule has 6 nitrogen and oxygen atoms in total. The van der Waals surface area contributed by atoms with Crippen LogP contribution >= 0.6 is 0 Å². The van der Waals surface area contributed by atoms with Crippen molar-refractivity contribution in [3.05, 3.63) is 59.4 Å². The number of benzene rings is 2. The predicted octanol–water partition coefficient (Wildman–Crippen LogP) is 2.80. The van der Waals surface area contributed by atoms with Gasteiger partial charge in [-0.25, -0.2) is 9.38 Å². The summed E-state index contributed by atoms with van der Waals surface area (Å²) in [5.41, 5.74) is 9.41. The van der Waals surface area contributed by atoms with Gasteiger partial charge in [0, 0.05) is 44.5 Å². The average Bonchev–Trinajstić information content (AvgIpc) is 2.74. The minimum atomic E-state index is -0.217. The second-order valence-corrected chi connectivity index (χ2v) is 7.08. The Morgan fingerprint density at radius 1 is 1.07 bits per heavy atom. The van der Waals surface area contributed by atoms with Gasteiger partial charge in [-0.3, -0.25) is 0 Å². The van der Waals surface area contributed by atoms with Crippen LogP contribution in [0.1, 0.15) is 11.1 Å². The van der Waals surface area contributed by atoms with Crippen molar-refractivity contribution in [1.29, 1.82) is 0 Å². The van der Waals surface area contributed by atoms with Crippen LogP contribution in [0.25, 0.3) is 0 Å². The van der Waals surface area contributed by atoms with E-state index >= 15 is 0 Å². The molecule has 0 radical (unpaired) electrons. The Morgan fingerprint density at radius 3 is 2.48 bits per heavy atom. The van der Waals surface area contributed by atoms with Crippen LogP contribution in [0.2, 0.25) is 0 Å². The number of methoxy groups -OCH3 is 1. The van der Waals surface area contributed by atoms with Crippen molar-refractivity contribution in [1.82, 2.24) is 4.90 Å². The molecule has 2 aromatic rings. The molecule has 0 aromatic heterocycles. The number of hydrogen-bond acceptors (Lipinski definition) is 4. The van der Waals surface area contributed by atoms with Gasteiger partial charge in [0.15, 0.2) is 5.96 Å². The smallest absolute Gasteiger partial charge is 0.191 e. The van der Waals surface area contributed by atoms with Crippen LogP contribution in [0.15, 0.2) is 47.5 Å². The molecule has 1 saturated heterocycles. The molecule has 0 bridgehead atoms. The van der Waals surface area contributed by atoms with E-state index in [1.807, 2.05) is 37.3 Å². The fraction of sp³-hybridized carbons (Fsp3) is 0.409. The lowest BCUT2D eigenvalue weighted by atomic mass is 10.1. The molecule has 0 unspecified atom stereocenters. The number of nitrogens with zero attached hydrogens (tertiary/aromatic N) is 3. The first kappa shape index (κ1) is 20.9. The summed E-state index contributed by atoms with van der Waals surface area (Å²) in [5.74, 6) is 1.14. The lowest BCUT2D eigenvalue weighted by molar-refractivity contribution is 0.145. The molecule has 3 rings (SSSR count). The molecule has 29 heavy (non-hydrogen) atoms. The molecule has 2 aromatic carbocycles. The third-order valence-electron chi connectivity index (χ3n) is 4.97. The molecule has 156 valence electrons. The first-order valence-corrected chi connectivity index (χ1v) is 9.83. The molecular formula is C22H29FN4O2. The van der Waals surface area contributed by atoms with Crippen molar-refractivity contribution in [2.75, 3.05) is 51.4 Å². The van der Waals surface area contributed by atoms with Crippen molar-refractivity contribution in [3.8, 4) is 5.75 Å². The Bertz CT molecular complexity index is 818. The molecule has 1 heterocycles. The van der Waals surface area contributed by atoms with E-state index in [4.69, 9.17) is 15.2 Å². The van der Waals surface area contributed by atoms with E-state index in [-0.39, 0.29) is 5.82 Å². The summed E-state index contributed by atoms with van der Waals surface area (Å²) in [7, 11) is 1.65. The van der Waals surface area contributed by atoms with Gasteiger partial charge < -0.3 is 25.0 Å². The summed E-state index contributed by atoms with van der Waals surface area (Å²) in [6.07, 6.45) is 0. The number of ether oxygens (including phenoxy) is 2. The van der Waals surface area contributed by atoms with E-state index in [0.29, 0.717) is 25.7 Å². The summed E-state index contributed by atoms with van der Waals surface area (Å²) in [4.78, 5) is 8.90. The fourth-order valence-corrected chi connectivity index (χ4v) is 3.27. The Kier molecular flexibility index (Phi) is 7.30. The Hall–Kier alpha value is -2.80. The van der Waals surface area contributed by atoms with Gasteiger partial charge in [0.25, 0.3) is 0 Å². The highest BCUT2D eigenvalue weighted by atomic mass is 19.1. The van der Waals surface area contributed by atoms with Crippen LogP contribution in [0.5, 0.6) is 5.75 Å². The predicted molar refractivity (Wildman–Crippen MR) is 114 cm³/mol.